The molecule has 0 fully saturated rings. The van der Waals surface area contributed by atoms with Gasteiger partial charge in [0.1, 0.15) is 0 Å². The zero-order chi connectivity index (χ0) is 19.7. The number of pyridine rings is 3. The Morgan fingerprint density at radius 3 is 2.75 bits per heavy atom. The maximum atomic E-state index is 10.9. The Morgan fingerprint density at radius 1 is 1.14 bits per heavy atom. The third kappa shape index (κ3) is 3.20. The van der Waals surface area contributed by atoms with E-state index < -0.39 is 6.09 Å². The van der Waals surface area contributed by atoms with E-state index in [-0.39, 0.29) is 0 Å². The number of aromatic nitrogens is 5. The average molecular weight is 376 g/mol. The molecule has 1 amide bonds. The van der Waals surface area contributed by atoms with Crippen LogP contribution in [0.2, 0.25) is 0 Å². The van der Waals surface area contributed by atoms with Crippen molar-refractivity contribution < 1.29 is 14.6 Å². The predicted molar refractivity (Wildman–Crippen MR) is 103 cm³/mol. The molecule has 4 aromatic heterocycles. The number of hydrogen-bond donors (Lipinski definition) is 3. The molecule has 0 atom stereocenters. The number of ether oxygens (including phenoxy) is 1. The normalized spacial score (nSPS) is 10.8. The Labute approximate surface area is 159 Å². The van der Waals surface area contributed by atoms with Gasteiger partial charge < -0.3 is 9.84 Å². The molecule has 0 saturated carbocycles. The van der Waals surface area contributed by atoms with Gasteiger partial charge in [0.05, 0.1) is 52.7 Å². The van der Waals surface area contributed by atoms with Gasteiger partial charge in [-0.1, -0.05) is 6.07 Å². The third-order valence-corrected chi connectivity index (χ3v) is 4.12. The highest BCUT2D eigenvalue weighted by Crippen LogP contribution is 2.36. The third-order valence-electron chi connectivity index (χ3n) is 4.12. The lowest BCUT2D eigenvalue weighted by Gasteiger charge is -2.07. The molecule has 3 N–H and O–H groups in total. The van der Waals surface area contributed by atoms with Crippen LogP contribution in [0.4, 0.5) is 10.5 Å². The molecule has 0 saturated heterocycles. The minimum Gasteiger partial charge on any atom is -0.479 e. The number of methoxy groups -OCH3 is 1. The number of H-pyrrole nitrogens is 1. The first kappa shape index (κ1) is 17.4. The van der Waals surface area contributed by atoms with Crippen molar-refractivity contribution in [3.63, 3.8) is 0 Å². The summed E-state index contributed by atoms with van der Waals surface area (Å²) in [5.74, 6) is 0.387. The number of anilines is 1. The van der Waals surface area contributed by atoms with Gasteiger partial charge >= 0.3 is 6.09 Å². The number of carboxylic acid groups (broad SMARTS) is 1. The molecule has 4 aromatic rings. The molecule has 0 spiro atoms. The van der Waals surface area contributed by atoms with E-state index in [2.05, 4.69) is 30.5 Å². The molecule has 0 radical (unpaired) electrons. The molecule has 0 aromatic carbocycles. The number of nitrogens with zero attached hydrogens (tertiary/aromatic N) is 4. The molecule has 4 rings (SSSR count). The van der Waals surface area contributed by atoms with Crippen molar-refractivity contribution in [2.75, 3.05) is 12.4 Å². The maximum Gasteiger partial charge on any atom is 0.409 e. The first-order valence-electron chi connectivity index (χ1n) is 8.38. The zero-order valence-electron chi connectivity index (χ0n) is 15.1. The lowest BCUT2D eigenvalue weighted by atomic mass is 10.1. The fraction of sp³-hybridized carbons (Fsp3) is 0.105. The van der Waals surface area contributed by atoms with E-state index in [0.717, 1.165) is 5.69 Å². The lowest BCUT2D eigenvalue weighted by molar-refractivity contribution is 0.209. The molecule has 0 unspecified atom stereocenters. The largest absolute Gasteiger partial charge is 0.479 e. The molecule has 9 nitrogen and oxygen atoms in total. The van der Waals surface area contributed by atoms with E-state index in [1.165, 1.54) is 13.3 Å². The highest BCUT2D eigenvalue weighted by atomic mass is 16.5. The Morgan fingerprint density at radius 2 is 2.00 bits per heavy atom. The summed E-state index contributed by atoms with van der Waals surface area (Å²) in [6.45, 7) is 1.91. The van der Waals surface area contributed by atoms with E-state index >= 15 is 0 Å². The average Bonchev–Trinajstić information content (AvgIpc) is 3.11. The number of aromatic amines is 1. The predicted octanol–water partition coefficient (Wildman–Crippen LogP) is 3.49. The number of carbonyl (C=O) groups is 1. The second-order valence-electron chi connectivity index (χ2n) is 6.04. The van der Waals surface area contributed by atoms with Crippen LogP contribution in [0.1, 0.15) is 5.69 Å². The second kappa shape index (κ2) is 6.95. The van der Waals surface area contributed by atoms with Crippen LogP contribution in [-0.2, 0) is 0 Å². The Balaban J connectivity index is 1.87. The van der Waals surface area contributed by atoms with Gasteiger partial charge in [0.2, 0.25) is 5.88 Å². The van der Waals surface area contributed by atoms with Crippen LogP contribution in [0.25, 0.3) is 33.7 Å². The molecule has 28 heavy (non-hydrogen) atoms. The van der Waals surface area contributed by atoms with Crippen LogP contribution in [0.3, 0.4) is 0 Å². The van der Waals surface area contributed by atoms with Crippen LogP contribution in [0.5, 0.6) is 5.88 Å². The molecule has 9 heteroatoms. The van der Waals surface area contributed by atoms with Gasteiger partial charge in [-0.05, 0) is 37.3 Å². The van der Waals surface area contributed by atoms with Gasteiger partial charge in [0, 0.05) is 5.69 Å². The fourth-order valence-corrected chi connectivity index (χ4v) is 2.92. The maximum absolute atomic E-state index is 10.9. The summed E-state index contributed by atoms with van der Waals surface area (Å²) in [5, 5.41) is 18.4. The van der Waals surface area contributed by atoms with Gasteiger partial charge in [0.15, 0.2) is 0 Å². The molecule has 0 aliphatic heterocycles. The molecule has 0 aliphatic rings. The quantitative estimate of drug-likeness (QED) is 0.498. The van der Waals surface area contributed by atoms with E-state index in [9.17, 15) is 4.79 Å². The van der Waals surface area contributed by atoms with Crippen molar-refractivity contribution in [1.82, 2.24) is 25.1 Å². The van der Waals surface area contributed by atoms with E-state index in [1.54, 1.807) is 6.07 Å². The van der Waals surface area contributed by atoms with Crippen molar-refractivity contribution in [1.29, 1.82) is 0 Å². The number of nitrogens with one attached hydrogen (secondary N) is 2. The number of amides is 1. The van der Waals surface area contributed by atoms with Crippen LogP contribution in [0.15, 0.2) is 42.6 Å². The van der Waals surface area contributed by atoms with Crippen molar-refractivity contribution in [2.24, 2.45) is 0 Å². The molecule has 4 heterocycles. The van der Waals surface area contributed by atoms with Gasteiger partial charge in [-0.2, -0.15) is 0 Å². The van der Waals surface area contributed by atoms with Crippen molar-refractivity contribution in [3.05, 3.63) is 48.3 Å². The van der Waals surface area contributed by atoms with Gasteiger partial charge in [0.25, 0.3) is 0 Å². The summed E-state index contributed by atoms with van der Waals surface area (Å²) >= 11 is 0. The minimum absolute atomic E-state index is 0.337. The molecular formula is C19H16N6O3. The topological polar surface area (TPSA) is 126 Å². The SMILES string of the molecule is COc1n[nH]c(-c2cccc(C)n2)c1-c1ccc2ncc(NC(=O)O)cc2n1. The molecule has 0 aliphatic carbocycles. The van der Waals surface area contributed by atoms with Gasteiger partial charge in [-0.3, -0.25) is 20.4 Å². The number of fused-ring (bicyclic) bond motifs is 1. The fourth-order valence-electron chi connectivity index (χ4n) is 2.92. The van der Waals surface area contributed by atoms with Crippen LogP contribution < -0.4 is 10.1 Å². The van der Waals surface area contributed by atoms with E-state index in [0.29, 0.717) is 45.2 Å². The highest BCUT2D eigenvalue weighted by molar-refractivity contribution is 5.89. The summed E-state index contributed by atoms with van der Waals surface area (Å²) in [6.07, 6.45) is 0.278. The Hall–Kier alpha value is -4.01. The monoisotopic (exact) mass is 376 g/mol. The lowest BCUT2D eigenvalue weighted by Crippen LogP contribution is -2.07. The van der Waals surface area contributed by atoms with Crippen molar-refractivity contribution >= 4 is 22.8 Å². The van der Waals surface area contributed by atoms with Gasteiger partial charge in [-0.25, -0.2) is 9.78 Å². The van der Waals surface area contributed by atoms with Crippen molar-refractivity contribution in [2.45, 2.75) is 6.92 Å². The first-order valence-corrected chi connectivity index (χ1v) is 8.38. The smallest absolute Gasteiger partial charge is 0.409 e. The van der Waals surface area contributed by atoms with Crippen molar-refractivity contribution in [3.8, 4) is 28.5 Å². The molecule has 0 bridgehead atoms. The van der Waals surface area contributed by atoms with Crippen LogP contribution >= 0.6 is 0 Å². The zero-order valence-corrected chi connectivity index (χ0v) is 15.1. The summed E-state index contributed by atoms with van der Waals surface area (Å²) < 4.78 is 5.40. The number of rotatable bonds is 4. The first-order chi connectivity index (χ1) is 13.5. The van der Waals surface area contributed by atoms with E-state index in [1.807, 2.05) is 37.3 Å². The second-order valence-corrected chi connectivity index (χ2v) is 6.04. The summed E-state index contributed by atoms with van der Waals surface area (Å²) in [7, 11) is 1.53. The minimum atomic E-state index is -1.17. The summed E-state index contributed by atoms with van der Waals surface area (Å²) in [5.41, 5.74) is 5.05. The standard InChI is InChI=1S/C19H16N6O3/c1-10-4-3-5-14(21-10)17-16(18(28-2)25-24-17)13-7-6-12-15(23-13)8-11(9-20-12)22-19(26)27/h3-9,22H,1-2H3,(H,24,25)(H,26,27). The van der Waals surface area contributed by atoms with Crippen LogP contribution in [0, 0.1) is 6.92 Å². The van der Waals surface area contributed by atoms with E-state index in [4.69, 9.17) is 9.84 Å². The molecule has 140 valence electrons. The van der Waals surface area contributed by atoms with Crippen LogP contribution in [-0.4, -0.2) is 43.5 Å². The number of aryl methyl sites for hydroxylation is 1. The molecular weight excluding hydrogens is 360 g/mol. The summed E-state index contributed by atoms with van der Waals surface area (Å²) in [6, 6.07) is 10.9. The highest BCUT2D eigenvalue weighted by Gasteiger charge is 2.20. The Bertz CT molecular complexity index is 1190. The Kier molecular flexibility index (Phi) is 4.32. The summed E-state index contributed by atoms with van der Waals surface area (Å²) in [4.78, 5) is 24.3. The number of hydrogen-bond acceptors (Lipinski definition) is 6. The van der Waals surface area contributed by atoms with Gasteiger partial charge in [-0.15, -0.1) is 5.10 Å².